The van der Waals surface area contributed by atoms with Crippen molar-refractivity contribution in [3.05, 3.63) is 29.8 Å². The molecule has 21 heavy (non-hydrogen) atoms. The van der Waals surface area contributed by atoms with Gasteiger partial charge in [0.2, 0.25) is 12.3 Å². The van der Waals surface area contributed by atoms with Crippen molar-refractivity contribution in [2.75, 3.05) is 39.0 Å². The summed E-state index contributed by atoms with van der Waals surface area (Å²) in [7, 11) is 1.65. The Morgan fingerprint density at radius 1 is 1.24 bits per heavy atom. The average molecular weight is 308 g/mol. The maximum Gasteiger partial charge on any atom is 0.232 e. The van der Waals surface area contributed by atoms with Gasteiger partial charge in [0.15, 0.2) is 0 Å². The van der Waals surface area contributed by atoms with Crippen molar-refractivity contribution < 1.29 is 14.3 Å². The van der Waals surface area contributed by atoms with Crippen molar-refractivity contribution in [2.45, 2.75) is 5.75 Å². The number of carbonyl (C=O) groups is 2. The van der Waals surface area contributed by atoms with Gasteiger partial charge in [-0.05, 0) is 17.7 Å². The van der Waals surface area contributed by atoms with E-state index in [1.54, 1.807) is 23.8 Å². The minimum Gasteiger partial charge on any atom is -0.497 e. The second-order valence-corrected chi connectivity index (χ2v) is 5.85. The number of methoxy groups -OCH3 is 1. The van der Waals surface area contributed by atoms with E-state index in [2.05, 4.69) is 0 Å². The van der Waals surface area contributed by atoms with Gasteiger partial charge in [0.25, 0.3) is 0 Å². The summed E-state index contributed by atoms with van der Waals surface area (Å²) < 4.78 is 5.11. The monoisotopic (exact) mass is 308 g/mol. The normalized spacial score (nSPS) is 14.9. The van der Waals surface area contributed by atoms with Gasteiger partial charge in [0, 0.05) is 31.9 Å². The largest absolute Gasteiger partial charge is 0.497 e. The van der Waals surface area contributed by atoms with Crippen molar-refractivity contribution in [3.8, 4) is 5.75 Å². The number of nitrogens with zero attached hydrogens (tertiary/aromatic N) is 2. The van der Waals surface area contributed by atoms with Gasteiger partial charge in [-0.3, -0.25) is 9.59 Å². The van der Waals surface area contributed by atoms with Gasteiger partial charge >= 0.3 is 0 Å². The van der Waals surface area contributed by atoms with Crippen LogP contribution in [0.5, 0.6) is 5.75 Å². The predicted octanol–water partition coefficient (Wildman–Crippen LogP) is 1.23. The Morgan fingerprint density at radius 2 is 1.90 bits per heavy atom. The summed E-state index contributed by atoms with van der Waals surface area (Å²) in [6, 6.07) is 7.88. The van der Waals surface area contributed by atoms with Gasteiger partial charge in [0.1, 0.15) is 5.75 Å². The van der Waals surface area contributed by atoms with Crippen LogP contribution in [0.1, 0.15) is 5.56 Å². The van der Waals surface area contributed by atoms with Crippen molar-refractivity contribution in [3.63, 3.8) is 0 Å². The predicted molar refractivity (Wildman–Crippen MR) is 83.4 cm³/mol. The quantitative estimate of drug-likeness (QED) is 0.742. The zero-order valence-electron chi connectivity index (χ0n) is 12.2. The van der Waals surface area contributed by atoms with Gasteiger partial charge in [0.05, 0.1) is 12.9 Å². The van der Waals surface area contributed by atoms with E-state index in [0.717, 1.165) is 17.9 Å². The maximum absolute atomic E-state index is 12.1. The van der Waals surface area contributed by atoms with Gasteiger partial charge in [-0.2, -0.15) is 0 Å². The van der Waals surface area contributed by atoms with Crippen LogP contribution in [0.25, 0.3) is 0 Å². The van der Waals surface area contributed by atoms with Gasteiger partial charge in [-0.25, -0.2) is 0 Å². The van der Waals surface area contributed by atoms with Crippen LogP contribution in [0, 0.1) is 0 Å². The second kappa shape index (κ2) is 7.93. The van der Waals surface area contributed by atoms with Gasteiger partial charge in [-0.15, -0.1) is 11.8 Å². The fourth-order valence-corrected chi connectivity index (χ4v) is 3.03. The number of rotatable bonds is 6. The molecule has 114 valence electrons. The van der Waals surface area contributed by atoms with Crippen LogP contribution >= 0.6 is 11.8 Å². The lowest BCUT2D eigenvalue weighted by Gasteiger charge is -2.32. The third-order valence-electron chi connectivity index (χ3n) is 3.47. The Labute approximate surface area is 129 Å². The average Bonchev–Trinajstić information content (AvgIpc) is 2.55. The van der Waals surface area contributed by atoms with Gasteiger partial charge < -0.3 is 14.5 Å². The first kappa shape index (κ1) is 15.7. The summed E-state index contributed by atoms with van der Waals surface area (Å²) in [4.78, 5) is 26.2. The molecule has 1 aromatic rings. The maximum atomic E-state index is 12.1. The Kier molecular flexibility index (Phi) is 5.92. The lowest BCUT2D eigenvalue weighted by atomic mass is 10.2. The summed E-state index contributed by atoms with van der Waals surface area (Å²) in [5.41, 5.74) is 1.18. The molecule has 1 aliphatic heterocycles. The number of hydrogen-bond donors (Lipinski definition) is 0. The lowest BCUT2D eigenvalue weighted by molar-refractivity contribution is -0.132. The molecular weight excluding hydrogens is 288 g/mol. The molecule has 0 N–H and O–H groups in total. The third kappa shape index (κ3) is 4.67. The molecule has 5 nitrogen and oxygen atoms in total. The lowest BCUT2D eigenvalue weighted by Crippen LogP contribution is -2.48. The summed E-state index contributed by atoms with van der Waals surface area (Å²) in [6.45, 7) is 2.55. The van der Waals surface area contributed by atoms with Crippen molar-refractivity contribution >= 4 is 24.1 Å². The van der Waals surface area contributed by atoms with Crippen molar-refractivity contribution in [1.29, 1.82) is 0 Å². The number of thioether (sulfide) groups is 1. The van der Waals surface area contributed by atoms with E-state index in [-0.39, 0.29) is 5.91 Å². The first-order chi connectivity index (χ1) is 10.2. The molecule has 1 heterocycles. The van der Waals surface area contributed by atoms with E-state index in [1.165, 1.54) is 5.56 Å². The molecule has 0 aromatic heterocycles. The third-order valence-corrected chi connectivity index (χ3v) is 4.46. The summed E-state index contributed by atoms with van der Waals surface area (Å²) in [6.07, 6.45) is 0.847. The first-order valence-electron chi connectivity index (χ1n) is 6.90. The molecular formula is C15H20N2O3S. The molecule has 0 saturated carbocycles. The van der Waals surface area contributed by atoms with E-state index in [1.807, 2.05) is 29.2 Å². The Bertz CT molecular complexity index is 470. The van der Waals surface area contributed by atoms with Crippen LogP contribution < -0.4 is 4.74 Å². The summed E-state index contributed by atoms with van der Waals surface area (Å²) >= 11 is 1.61. The fraction of sp³-hybridized carbons (Fsp3) is 0.467. The molecule has 1 fully saturated rings. The van der Waals surface area contributed by atoms with Crippen LogP contribution in [0.3, 0.4) is 0 Å². The van der Waals surface area contributed by atoms with Crippen LogP contribution in [-0.2, 0) is 15.3 Å². The molecule has 0 unspecified atom stereocenters. The fourth-order valence-electron chi connectivity index (χ4n) is 2.15. The SMILES string of the molecule is COc1ccc(CSCC(=O)N2CCN(C=O)CC2)cc1. The molecule has 1 saturated heterocycles. The molecule has 1 aliphatic rings. The molecule has 1 aromatic carbocycles. The number of carbonyl (C=O) groups excluding carboxylic acids is 2. The van der Waals surface area contributed by atoms with Crippen LogP contribution in [0.4, 0.5) is 0 Å². The van der Waals surface area contributed by atoms with E-state index >= 15 is 0 Å². The highest BCUT2D eigenvalue weighted by Gasteiger charge is 2.19. The van der Waals surface area contributed by atoms with E-state index < -0.39 is 0 Å². The van der Waals surface area contributed by atoms with Crippen LogP contribution in [0.15, 0.2) is 24.3 Å². The number of ether oxygens (including phenoxy) is 1. The Hall–Kier alpha value is -1.69. The standard InChI is InChI=1S/C15H20N2O3S/c1-20-14-4-2-13(3-5-14)10-21-11-15(19)17-8-6-16(12-18)7-9-17/h2-5,12H,6-11H2,1H3. The van der Waals surface area contributed by atoms with Crippen molar-refractivity contribution in [2.24, 2.45) is 0 Å². The summed E-state index contributed by atoms with van der Waals surface area (Å²) in [5, 5.41) is 0. The number of benzene rings is 1. The number of piperazine rings is 1. The highest BCUT2D eigenvalue weighted by atomic mass is 32.2. The van der Waals surface area contributed by atoms with E-state index in [4.69, 9.17) is 4.74 Å². The topological polar surface area (TPSA) is 49.9 Å². The number of hydrogen-bond acceptors (Lipinski definition) is 4. The molecule has 0 bridgehead atoms. The van der Waals surface area contributed by atoms with Crippen molar-refractivity contribution in [1.82, 2.24) is 9.80 Å². The highest BCUT2D eigenvalue weighted by Crippen LogP contribution is 2.17. The van der Waals surface area contributed by atoms with Crippen LogP contribution in [0.2, 0.25) is 0 Å². The molecule has 6 heteroatoms. The molecule has 2 rings (SSSR count). The Balaban J connectivity index is 1.70. The van der Waals surface area contributed by atoms with Gasteiger partial charge in [-0.1, -0.05) is 12.1 Å². The molecule has 0 spiro atoms. The summed E-state index contributed by atoms with van der Waals surface area (Å²) in [5.74, 6) is 2.28. The van der Waals surface area contributed by atoms with Crippen LogP contribution in [-0.4, -0.2) is 61.2 Å². The zero-order chi connectivity index (χ0) is 15.1. The molecule has 0 atom stereocenters. The highest BCUT2D eigenvalue weighted by molar-refractivity contribution is 7.99. The van der Waals surface area contributed by atoms with E-state index in [0.29, 0.717) is 31.9 Å². The minimum atomic E-state index is 0.152. The molecule has 2 amide bonds. The number of amides is 2. The minimum absolute atomic E-state index is 0.152. The smallest absolute Gasteiger partial charge is 0.232 e. The molecule has 0 aliphatic carbocycles. The zero-order valence-corrected chi connectivity index (χ0v) is 13.0. The van der Waals surface area contributed by atoms with E-state index in [9.17, 15) is 9.59 Å². The Morgan fingerprint density at radius 3 is 2.48 bits per heavy atom. The second-order valence-electron chi connectivity index (χ2n) is 4.86. The molecule has 0 radical (unpaired) electrons. The first-order valence-corrected chi connectivity index (χ1v) is 8.06.